The molecule has 0 aliphatic heterocycles. The Morgan fingerprint density at radius 1 is 1.33 bits per heavy atom. The number of carbonyl (C=O) groups is 2. The van der Waals surface area contributed by atoms with E-state index in [1.807, 2.05) is 0 Å². The number of nitrogens with one attached hydrogen (secondary N) is 2. The lowest BCUT2D eigenvalue weighted by molar-refractivity contribution is -0.117. The van der Waals surface area contributed by atoms with Crippen LogP contribution in [0.3, 0.4) is 0 Å². The first-order valence-electron chi connectivity index (χ1n) is 7.84. The van der Waals surface area contributed by atoms with E-state index >= 15 is 0 Å². The van der Waals surface area contributed by atoms with E-state index in [0.717, 1.165) is 11.8 Å². The van der Waals surface area contributed by atoms with Gasteiger partial charge in [0, 0.05) is 10.9 Å². The van der Waals surface area contributed by atoms with Crippen molar-refractivity contribution in [3.8, 4) is 11.1 Å². The molecule has 3 aromatic rings. The highest BCUT2D eigenvalue weighted by atomic mass is 32.2. The van der Waals surface area contributed by atoms with Crippen molar-refractivity contribution >= 4 is 45.3 Å². The summed E-state index contributed by atoms with van der Waals surface area (Å²) in [6, 6.07) is 5.84. The van der Waals surface area contributed by atoms with Gasteiger partial charge in [-0.1, -0.05) is 23.9 Å². The molecule has 0 saturated carbocycles. The fourth-order valence-corrected chi connectivity index (χ4v) is 3.96. The van der Waals surface area contributed by atoms with Gasteiger partial charge in [-0.2, -0.15) is 0 Å². The van der Waals surface area contributed by atoms with Crippen molar-refractivity contribution in [2.45, 2.75) is 12.1 Å². The summed E-state index contributed by atoms with van der Waals surface area (Å²) in [6.07, 6.45) is -0.817. The van der Waals surface area contributed by atoms with Crippen molar-refractivity contribution in [2.24, 2.45) is 0 Å². The Labute approximate surface area is 161 Å². The van der Waals surface area contributed by atoms with Crippen LogP contribution in [0.1, 0.15) is 6.92 Å². The molecule has 0 fully saturated rings. The Hall–Kier alpha value is -2.72. The fraction of sp³-hybridized carbons (Fsp3) is 0.176. The molecule has 0 unspecified atom stereocenters. The van der Waals surface area contributed by atoms with Crippen LogP contribution in [0.15, 0.2) is 39.6 Å². The maximum absolute atomic E-state index is 13.1. The normalized spacial score (nSPS) is 10.7. The number of thiophene rings is 1. The summed E-state index contributed by atoms with van der Waals surface area (Å²) in [6.45, 7) is 1.79. The van der Waals surface area contributed by atoms with Crippen LogP contribution < -0.4 is 10.9 Å². The van der Waals surface area contributed by atoms with Crippen molar-refractivity contribution in [1.82, 2.24) is 15.3 Å². The lowest BCUT2D eigenvalue weighted by atomic mass is 10.1. The predicted molar refractivity (Wildman–Crippen MR) is 102 cm³/mol. The third-order valence-electron chi connectivity index (χ3n) is 3.43. The second kappa shape index (κ2) is 8.31. The molecule has 2 heterocycles. The van der Waals surface area contributed by atoms with E-state index in [1.165, 1.54) is 23.5 Å². The van der Waals surface area contributed by atoms with Gasteiger partial charge < -0.3 is 9.72 Å². The molecule has 2 N–H and O–H groups in total. The van der Waals surface area contributed by atoms with Crippen molar-refractivity contribution < 1.29 is 18.7 Å². The van der Waals surface area contributed by atoms with E-state index in [4.69, 9.17) is 0 Å². The maximum atomic E-state index is 13.1. The smallest absolute Gasteiger partial charge is 0.413 e. The van der Waals surface area contributed by atoms with Gasteiger partial charge in [0.15, 0.2) is 5.16 Å². The number of halogens is 1. The molecule has 3 rings (SSSR count). The standard InChI is InChI=1S/C17H14FN3O4S2/c1-2-25-17(24)19-12(22)8-27-16-20-14(23)13-11(7-26-15(13)21-16)9-3-5-10(18)6-4-9/h3-7H,2,8H2,1H3,(H,19,22,24)(H,20,21,23). The first-order chi connectivity index (χ1) is 13.0. The van der Waals surface area contributed by atoms with Gasteiger partial charge in [-0.05, 0) is 24.6 Å². The summed E-state index contributed by atoms with van der Waals surface area (Å²) in [5, 5.41) is 4.52. The van der Waals surface area contributed by atoms with Gasteiger partial charge in [-0.3, -0.25) is 14.9 Å². The Morgan fingerprint density at radius 2 is 2.07 bits per heavy atom. The molecule has 2 amide bonds. The zero-order chi connectivity index (χ0) is 19.4. The molecule has 27 heavy (non-hydrogen) atoms. The zero-order valence-corrected chi connectivity index (χ0v) is 15.7. The zero-order valence-electron chi connectivity index (χ0n) is 14.1. The highest BCUT2D eigenvalue weighted by Crippen LogP contribution is 2.31. The average Bonchev–Trinajstić information content (AvgIpc) is 3.05. The van der Waals surface area contributed by atoms with Crippen molar-refractivity contribution in [3.05, 3.63) is 45.8 Å². The van der Waals surface area contributed by atoms with Gasteiger partial charge in [-0.15, -0.1) is 11.3 Å². The number of alkyl carbamates (subject to hydrolysis) is 1. The van der Waals surface area contributed by atoms with Crippen LogP contribution in [0, 0.1) is 5.82 Å². The van der Waals surface area contributed by atoms with Gasteiger partial charge in [0.2, 0.25) is 5.91 Å². The molecule has 0 radical (unpaired) electrons. The van der Waals surface area contributed by atoms with Crippen LogP contribution in [-0.2, 0) is 9.53 Å². The number of nitrogens with zero attached hydrogens (tertiary/aromatic N) is 1. The largest absolute Gasteiger partial charge is 0.450 e. The van der Waals surface area contributed by atoms with E-state index in [9.17, 15) is 18.8 Å². The van der Waals surface area contributed by atoms with E-state index in [-0.39, 0.29) is 28.9 Å². The van der Waals surface area contributed by atoms with E-state index < -0.39 is 12.0 Å². The monoisotopic (exact) mass is 407 g/mol. The van der Waals surface area contributed by atoms with Crippen LogP contribution in [0.25, 0.3) is 21.3 Å². The topological polar surface area (TPSA) is 101 Å². The maximum Gasteiger partial charge on any atom is 0.413 e. The molecular formula is C17H14FN3O4S2. The summed E-state index contributed by atoms with van der Waals surface area (Å²) >= 11 is 2.28. The number of ether oxygens (including phenoxy) is 1. The van der Waals surface area contributed by atoms with Crippen LogP contribution >= 0.6 is 23.1 Å². The number of H-pyrrole nitrogens is 1. The number of thioether (sulfide) groups is 1. The molecule has 1 aromatic carbocycles. The highest BCUT2D eigenvalue weighted by molar-refractivity contribution is 7.99. The number of rotatable bonds is 5. The number of hydrogen-bond donors (Lipinski definition) is 2. The highest BCUT2D eigenvalue weighted by Gasteiger charge is 2.15. The summed E-state index contributed by atoms with van der Waals surface area (Å²) in [5.41, 5.74) is 1.03. The lowest BCUT2D eigenvalue weighted by Gasteiger charge is -2.04. The van der Waals surface area contributed by atoms with Crippen molar-refractivity contribution in [3.63, 3.8) is 0 Å². The SMILES string of the molecule is CCOC(=O)NC(=O)CSc1nc2scc(-c3ccc(F)cc3)c2c(=O)[nH]1. The second-order valence-corrected chi connectivity index (χ2v) is 7.09. The molecule has 2 aromatic heterocycles. The fourth-order valence-electron chi connectivity index (χ4n) is 2.29. The Kier molecular flexibility index (Phi) is 5.87. The molecule has 0 spiro atoms. The predicted octanol–water partition coefficient (Wildman–Crippen LogP) is 3.16. The summed E-state index contributed by atoms with van der Waals surface area (Å²) < 4.78 is 17.7. The van der Waals surface area contributed by atoms with Gasteiger partial charge in [-0.25, -0.2) is 14.2 Å². The van der Waals surface area contributed by atoms with Crippen molar-refractivity contribution in [2.75, 3.05) is 12.4 Å². The third kappa shape index (κ3) is 4.52. The number of aromatic nitrogens is 2. The first-order valence-corrected chi connectivity index (χ1v) is 9.71. The summed E-state index contributed by atoms with van der Waals surface area (Å²) in [7, 11) is 0. The minimum Gasteiger partial charge on any atom is -0.450 e. The number of imide groups is 1. The molecule has 0 bridgehead atoms. The molecule has 0 aliphatic rings. The number of benzene rings is 1. The number of aromatic amines is 1. The Bertz CT molecular complexity index is 1050. The molecule has 7 nitrogen and oxygen atoms in total. The summed E-state index contributed by atoms with van der Waals surface area (Å²) in [4.78, 5) is 42.8. The molecule has 0 saturated heterocycles. The molecule has 10 heteroatoms. The van der Waals surface area contributed by atoms with Gasteiger partial charge >= 0.3 is 6.09 Å². The quantitative estimate of drug-likeness (QED) is 0.498. The minimum atomic E-state index is -0.817. The molecule has 0 atom stereocenters. The van der Waals surface area contributed by atoms with Crippen LogP contribution in [0.2, 0.25) is 0 Å². The molecular weight excluding hydrogens is 393 g/mol. The number of fused-ring (bicyclic) bond motifs is 1. The molecule has 140 valence electrons. The van der Waals surface area contributed by atoms with Crippen LogP contribution in [0.4, 0.5) is 9.18 Å². The Balaban J connectivity index is 1.78. The second-order valence-electron chi connectivity index (χ2n) is 5.26. The number of hydrogen-bond acceptors (Lipinski definition) is 7. The average molecular weight is 407 g/mol. The van der Waals surface area contributed by atoms with Crippen molar-refractivity contribution in [1.29, 1.82) is 0 Å². The first kappa shape index (κ1) is 19.1. The number of carbonyl (C=O) groups excluding carboxylic acids is 2. The van der Waals surface area contributed by atoms with Gasteiger partial charge in [0.05, 0.1) is 17.7 Å². The van der Waals surface area contributed by atoms with Crippen LogP contribution in [0.5, 0.6) is 0 Å². The van der Waals surface area contributed by atoms with Crippen LogP contribution in [-0.4, -0.2) is 34.3 Å². The minimum absolute atomic E-state index is 0.108. The summed E-state index contributed by atoms with van der Waals surface area (Å²) in [5.74, 6) is -1.02. The molecule has 0 aliphatic carbocycles. The van der Waals surface area contributed by atoms with E-state index in [0.29, 0.717) is 21.3 Å². The number of amides is 2. The third-order valence-corrected chi connectivity index (χ3v) is 5.18. The van der Waals surface area contributed by atoms with E-state index in [1.54, 1.807) is 24.4 Å². The Morgan fingerprint density at radius 3 is 2.78 bits per heavy atom. The van der Waals surface area contributed by atoms with Gasteiger partial charge in [0.1, 0.15) is 10.6 Å². The lowest BCUT2D eigenvalue weighted by Crippen LogP contribution is -2.32. The van der Waals surface area contributed by atoms with E-state index in [2.05, 4.69) is 20.0 Å². The van der Waals surface area contributed by atoms with Gasteiger partial charge in [0.25, 0.3) is 5.56 Å².